The molecule has 3 heteroatoms. The normalized spacial score (nSPS) is 10.5. The Hall–Kier alpha value is -1.06. The zero-order chi connectivity index (χ0) is 9.10. The Morgan fingerprint density at radius 3 is 2.92 bits per heavy atom. The van der Waals surface area contributed by atoms with Crippen LogP contribution in [0.15, 0.2) is 29.6 Å². The fourth-order valence-electron chi connectivity index (χ4n) is 1.32. The largest absolute Gasteiger partial charge is 0.358 e. The van der Waals surface area contributed by atoms with Crippen molar-refractivity contribution in [1.82, 2.24) is 4.98 Å². The Bertz CT molecular complexity index is 362. The van der Waals surface area contributed by atoms with Gasteiger partial charge in [0.25, 0.3) is 0 Å². The van der Waals surface area contributed by atoms with Crippen molar-refractivity contribution in [3.8, 4) is 10.6 Å². The first-order valence-electron chi connectivity index (χ1n) is 4.32. The topological polar surface area (TPSA) is 41.8 Å². The Morgan fingerprint density at radius 1 is 1.31 bits per heavy atom. The van der Waals surface area contributed by atoms with Gasteiger partial charge in [-0.15, -0.1) is 11.3 Å². The summed E-state index contributed by atoms with van der Waals surface area (Å²) in [6.45, 7) is 0.699. The highest BCUT2D eigenvalue weighted by Crippen LogP contribution is 2.23. The van der Waals surface area contributed by atoms with Gasteiger partial charge in [0.1, 0.15) is 0 Å². The van der Waals surface area contributed by atoms with E-state index >= 15 is 0 Å². The van der Waals surface area contributed by atoms with Gasteiger partial charge in [-0.25, -0.2) is 0 Å². The van der Waals surface area contributed by atoms with E-state index in [1.54, 1.807) is 11.3 Å². The summed E-state index contributed by atoms with van der Waals surface area (Å²) >= 11 is 1.74. The number of rotatable bonds is 3. The lowest BCUT2D eigenvalue weighted by Gasteiger charge is -1.93. The number of nitrogens with one attached hydrogen (secondary N) is 1. The first-order valence-corrected chi connectivity index (χ1v) is 5.20. The summed E-state index contributed by atoms with van der Waals surface area (Å²) < 4.78 is 0. The van der Waals surface area contributed by atoms with Gasteiger partial charge in [0.05, 0.1) is 10.6 Å². The second-order valence-corrected chi connectivity index (χ2v) is 3.86. The summed E-state index contributed by atoms with van der Waals surface area (Å²) in [5.41, 5.74) is 7.88. The fraction of sp³-hybridized carbons (Fsp3) is 0.200. The van der Waals surface area contributed by atoms with Crippen molar-refractivity contribution >= 4 is 11.3 Å². The minimum absolute atomic E-state index is 0.699. The quantitative estimate of drug-likeness (QED) is 0.769. The van der Waals surface area contributed by atoms with Crippen LogP contribution in [0, 0.1) is 0 Å². The average molecular weight is 192 g/mol. The summed E-state index contributed by atoms with van der Waals surface area (Å²) in [6.07, 6.45) is 0.922. The SMILES string of the molecule is NCCc1ccc(-c2cccs2)[nH]1. The van der Waals surface area contributed by atoms with Gasteiger partial charge in [0.15, 0.2) is 0 Å². The van der Waals surface area contributed by atoms with Gasteiger partial charge in [-0.2, -0.15) is 0 Å². The van der Waals surface area contributed by atoms with Gasteiger partial charge < -0.3 is 10.7 Å². The van der Waals surface area contributed by atoms with Gasteiger partial charge in [-0.1, -0.05) is 6.07 Å². The Labute approximate surface area is 81.4 Å². The zero-order valence-corrected chi connectivity index (χ0v) is 8.10. The van der Waals surface area contributed by atoms with Crippen LogP contribution in [0.25, 0.3) is 10.6 Å². The maximum atomic E-state index is 5.47. The van der Waals surface area contributed by atoms with E-state index in [9.17, 15) is 0 Å². The number of H-pyrrole nitrogens is 1. The Morgan fingerprint density at radius 2 is 2.23 bits per heavy atom. The van der Waals surface area contributed by atoms with Crippen LogP contribution < -0.4 is 5.73 Å². The number of nitrogens with two attached hydrogens (primary N) is 1. The summed E-state index contributed by atoms with van der Waals surface area (Å²) in [7, 11) is 0. The monoisotopic (exact) mass is 192 g/mol. The molecule has 68 valence electrons. The van der Waals surface area contributed by atoms with Crippen molar-refractivity contribution in [2.75, 3.05) is 6.54 Å². The molecule has 2 rings (SSSR count). The van der Waals surface area contributed by atoms with Gasteiger partial charge in [0, 0.05) is 5.69 Å². The molecule has 0 aliphatic heterocycles. The van der Waals surface area contributed by atoms with Gasteiger partial charge in [0.2, 0.25) is 0 Å². The summed E-state index contributed by atoms with van der Waals surface area (Å²) in [6, 6.07) is 8.38. The third-order valence-electron chi connectivity index (χ3n) is 1.95. The van der Waals surface area contributed by atoms with Gasteiger partial charge in [-0.3, -0.25) is 0 Å². The minimum Gasteiger partial charge on any atom is -0.358 e. The first kappa shape index (κ1) is 8.53. The second kappa shape index (κ2) is 3.77. The van der Waals surface area contributed by atoms with Crippen LogP contribution in [-0.4, -0.2) is 11.5 Å². The van der Waals surface area contributed by atoms with Crippen molar-refractivity contribution in [2.45, 2.75) is 6.42 Å². The summed E-state index contributed by atoms with van der Waals surface area (Å²) in [5.74, 6) is 0. The van der Waals surface area contributed by atoms with Crippen molar-refractivity contribution in [1.29, 1.82) is 0 Å². The fourth-order valence-corrected chi connectivity index (χ4v) is 2.02. The van der Waals surface area contributed by atoms with Crippen molar-refractivity contribution in [2.24, 2.45) is 5.73 Å². The number of hydrogen-bond donors (Lipinski definition) is 2. The van der Waals surface area contributed by atoms with E-state index in [4.69, 9.17) is 5.73 Å². The van der Waals surface area contributed by atoms with Crippen molar-refractivity contribution in [3.63, 3.8) is 0 Å². The lowest BCUT2D eigenvalue weighted by Crippen LogP contribution is -2.02. The lowest BCUT2D eigenvalue weighted by atomic mass is 10.3. The smallest absolute Gasteiger partial charge is 0.0557 e. The van der Waals surface area contributed by atoms with E-state index in [2.05, 4.69) is 34.6 Å². The molecule has 0 aliphatic rings. The average Bonchev–Trinajstić information content (AvgIpc) is 2.70. The van der Waals surface area contributed by atoms with Crippen LogP contribution >= 0.6 is 11.3 Å². The summed E-state index contributed by atoms with van der Waals surface area (Å²) in [5, 5.41) is 2.08. The van der Waals surface area contributed by atoms with E-state index in [1.165, 1.54) is 16.3 Å². The predicted octanol–water partition coefficient (Wildman–Crippen LogP) is 2.24. The Balaban J connectivity index is 2.23. The van der Waals surface area contributed by atoms with Gasteiger partial charge in [-0.05, 0) is 36.5 Å². The highest BCUT2D eigenvalue weighted by molar-refractivity contribution is 7.13. The molecule has 0 saturated carbocycles. The maximum Gasteiger partial charge on any atom is 0.0557 e. The van der Waals surface area contributed by atoms with Crippen molar-refractivity contribution < 1.29 is 0 Å². The molecular formula is C10H12N2S. The molecule has 0 fully saturated rings. The molecule has 0 atom stereocenters. The standard InChI is InChI=1S/C10H12N2S/c11-6-5-8-3-4-9(12-8)10-2-1-7-13-10/h1-4,7,12H,5-6,11H2. The Kier molecular flexibility index (Phi) is 2.47. The number of aromatic amines is 1. The third-order valence-corrected chi connectivity index (χ3v) is 2.85. The highest BCUT2D eigenvalue weighted by Gasteiger charge is 2.00. The van der Waals surface area contributed by atoms with E-state index in [0.29, 0.717) is 6.54 Å². The molecule has 2 aromatic rings. The van der Waals surface area contributed by atoms with Crippen LogP contribution in [0.4, 0.5) is 0 Å². The lowest BCUT2D eigenvalue weighted by molar-refractivity contribution is 0.936. The molecule has 0 aliphatic carbocycles. The van der Waals surface area contributed by atoms with E-state index in [1.807, 2.05) is 0 Å². The number of aromatic nitrogens is 1. The van der Waals surface area contributed by atoms with Gasteiger partial charge >= 0.3 is 0 Å². The predicted molar refractivity (Wildman–Crippen MR) is 56.9 cm³/mol. The molecule has 0 bridgehead atoms. The third kappa shape index (κ3) is 1.82. The molecule has 0 radical (unpaired) electrons. The molecular weight excluding hydrogens is 180 g/mol. The van der Waals surface area contributed by atoms with E-state index in [-0.39, 0.29) is 0 Å². The molecule has 13 heavy (non-hydrogen) atoms. The number of thiophene rings is 1. The molecule has 0 spiro atoms. The van der Waals surface area contributed by atoms with Crippen LogP contribution in [0.3, 0.4) is 0 Å². The van der Waals surface area contributed by atoms with Crippen molar-refractivity contribution in [3.05, 3.63) is 35.3 Å². The number of hydrogen-bond acceptors (Lipinski definition) is 2. The van der Waals surface area contributed by atoms with Crippen LogP contribution in [-0.2, 0) is 6.42 Å². The minimum atomic E-state index is 0.699. The molecule has 0 unspecified atom stereocenters. The van der Waals surface area contributed by atoms with Crippen LogP contribution in [0.2, 0.25) is 0 Å². The molecule has 3 N–H and O–H groups in total. The maximum absolute atomic E-state index is 5.47. The molecule has 0 saturated heterocycles. The molecule has 2 heterocycles. The molecule has 2 aromatic heterocycles. The molecule has 0 amide bonds. The molecule has 2 nitrogen and oxygen atoms in total. The molecule has 0 aromatic carbocycles. The van der Waals surface area contributed by atoms with Crippen LogP contribution in [0.1, 0.15) is 5.69 Å². The highest BCUT2D eigenvalue weighted by atomic mass is 32.1. The summed E-state index contributed by atoms with van der Waals surface area (Å²) in [4.78, 5) is 4.63. The van der Waals surface area contributed by atoms with E-state index in [0.717, 1.165) is 6.42 Å². The first-order chi connectivity index (χ1) is 6.40. The zero-order valence-electron chi connectivity index (χ0n) is 7.29. The van der Waals surface area contributed by atoms with E-state index < -0.39 is 0 Å². The second-order valence-electron chi connectivity index (χ2n) is 2.91. The van der Waals surface area contributed by atoms with Crippen LogP contribution in [0.5, 0.6) is 0 Å².